The first-order valence-electron chi connectivity index (χ1n) is 10.7. The summed E-state index contributed by atoms with van der Waals surface area (Å²) in [5.74, 6) is 0.258. The normalized spacial score (nSPS) is 11.9. The van der Waals surface area contributed by atoms with Crippen molar-refractivity contribution in [1.82, 2.24) is 10.3 Å². The fourth-order valence-electron chi connectivity index (χ4n) is 3.50. The van der Waals surface area contributed by atoms with Crippen LogP contribution in [0.2, 0.25) is 0 Å². The Balaban J connectivity index is 1.30. The SMILES string of the molecule is Cc1ccccc1CCOCCCS(=O)(=O)CCNCCc1ccc(O)c2[nH]c(=O)sc12. The van der Waals surface area contributed by atoms with Gasteiger partial charge in [-0.15, -0.1) is 0 Å². The quantitative estimate of drug-likeness (QED) is 0.326. The second kappa shape index (κ2) is 11.6. The van der Waals surface area contributed by atoms with E-state index in [1.807, 2.05) is 12.1 Å². The molecular weight excluding hydrogens is 448 g/mol. The number of sulfone groups is 1. The first-order valence-corrected chi connectivity index (χ1v) is 13.4. The molecule has 32 heavy (non-hydrogen) atoms. The lowest BCUT2D eigenvalue weighted by atomic mass is 10.1. The second-order valence-electron chi connectivity index (χ2n) is 7.76. The molecule has 0 atom stereocenters. The topological polar surface area (TPSA) is 108 Å². The van der Waals surface area contributed by atoms with Crippen molar-refractivity contribution in [3.63, 3.8) is 0 Å². The molecule has 0 saturated heterocycles. The minimum Gasteiger partial charge on any atom is -0.506 e. The smallest absolute Gasteiger partial charge is 0.305 e. The van der Waals surface area contributed by atoms with Gasteiger partial charge < -0.3 is 20.1 Å². The van der Waals surface area contributed by atoms with Crippen LogP contribution in [0.5, 0.6) is 5.75 Å². The van der Waals surface area contributed by atoms with Crippen LogP contribution in [0.3, 0.4) is 0 Å². The molecular formula is C23H30N2O5S2. The number of rotatable bonds is 13. The van der Waals surface area contributed by atoms with E-state index < -0.39 is 9.84 Å². The molecule has 7 nitrogen and oxygen atoms in total. The number of benzene rings is 2. The van der Waals surface area contributed by atoms with Gasteiger partial charge >= 0.3 is 4.87 Å². The minimum absolute atomic E-state index is 0.0558. The Labute approximate surface area is 192 Å². The van der Waals surface area contributed by atoms with Crippen molar-refractivity contribution in [3.8, 4) is 5.75 Å². The van der Waals surface area contributed by atoms with Crippen LogP contribution in [0.1, 0.15) is 23.1 Å². The summed E-state index contributed by atoms with van der Waals surface area (Å²) in [6.45, 7) is 4.07. The van der Waals surface area contributed by atoms with Crippen LogP contribution in [-0.4, -0.2) is 56.3 Å². The summed E-state index contributed by atoms with van der Waals surface area (Å²) in [7, 11) is -3.13. The third-order valence-electron chi connectivity index (χ3n) is 5.32. The van der Waals surface area contributed by atoms with Gasteiger partial charge in [0.15, 0.2) is 9.84 Å². The highest BCUT2D eigenvalue weighted by molar-refractivity contribution is 7.91. The van der Waals surface area contributed by atoms with Crippen molar-refractivity contribution >= 4 is 31.4 Å². The fraction of sp³-hybridized carbons (Fsp3) is 0.435. The van der Waals surface area contributed by atoms with Crippen molar-refractivity contribution in [3.05, 3.63) is 62.8 Å². The predicted molar refractivity (Wildman–Crippen MR) is 130 cm³/mol. The number of phenols is 1. The van der Waals surface area contributed by atoms with Gasteiger partial charge in [0.05, 0.1) is 22.8 Å². The van der Waals surface area contributed by atoms with Gasteiger partial charge in [-0.05, 0) is 55.5 Å². The van der Waals surface area contributed by atoms with Gasteiger partial charge in [0.25, 0.3) is 0 Å². The van der Waals surface area contributed by atoms with Crippen LogP contribution in [0.15, 0.2) is 41.2 Å². The third-order valence-corrected chi connectivity index (χ3v) is 8.02. The maximum absolute atomic E-state index is 12.2. The second-order valence-corrected chi connectivity index (χ2v) is 11.0. The lowest BCUT2D eigenvalue weighted by Gasteiger charge is -2.08. The molecule has 3 aromatic rings. The molecule has 0 fully saturated rings. The van der Waals surface area contributed by atoms with Crippen molar-refractivity contribution in [2.75, 3.05) is 37.8 Å². The molecule has 3 rings (SSSR count). The van der Waals surface area contributed by atoms with E-state index in [-0.39, 0.29) is 22.1 Å². The number of thiazole rings is 1. The van der Waals surface area contributed by atoms with E-state index in [9.17, 15) is 18.3 Å². The molecule has 3 N–H and O–H groups in total. The van der Waals surface area contributed by atoms with Gasteiger partial charge in [-0.2, -0.15) is 0 Å². The van der Waals surface area contributed by atoms with Crippen molar-refractivity contribution in [2.24, 2.45) is 0 Å². The van der Waals surface area contributed by atoms with Crippen LogP contribution in [0, 0.1) is 6.92 Å². The number of aromatic amines is 1. The summed E-state index contributed by atoms with van der Waals surface area (Å²) < 4.78 is 30.8. The van der Waals surface area contributed by atoms with Gasteiger partial charge in [-0.3, -0.25) is 4.79 Å². The molecule has 0 saturated carbocycles. The number of H-pyrrole nitrogens is 1. The summed E-state index contributed by atoms with van der Waals surface area (Å²) in [6.07, 6.45) is 1.96. The third kappa shape index (κ3) is 7.16. The summed E-state index contributed by atoms with van der Waals surface area (Å²) >= 11 is 1.07. The number of nitrogens with one attached hydrogen (secondary N) is 2. The monoisotopic (exact) mass is 478 g/mol. The maximum atomic E-state index is 12.2. The zero-order chi connectivity index (χ0) is 23.0. The number of aromatic nitrogens is 1. The molecule has 0 bridgehead atoms. The first-order chi connectivity index (χ1) is 15.4. The van der Waals surface area contributed by atoms with E-state index in [0.29, 0.717) is 44.7 Å². The molecule has 0 spiro atoms. The molecule has 174 valence electrons. The summed E-state index contributed by atoms with van der Waals surface area (Å²) in [5, 5.41) is 13.0. The van der Waals surface area contributed by atoms with E-state index >= 15 is 0 Å². The molecule has 0 aliphatic rings. The summed E-state index contributed by atoms with van der Waals surface area (Å²) in [4.78, 5) is 14.0. The van der Waals surface area contributed by atoms with Crippen molar-refractivity contribution in [1.29, 1.82) is 0 Å². The number of hydrogen-bond donors (Lipinski definition) is 3. The fourth-order valence-corrected chi connectivity index (χ4v) is 5.62. The number of fused-ring (bicyclic) bond motifs is 1. The van der Waals surface area contributed by atoms with Gasteiger partial charge in [0, 0.05) is 13.2 Å². The van der Waals surface area contributed by atoms with E-state index in [1.165, 1.54) is 11.1 Å². The van der Waals surface area contributed by atoms with Crippen LogP contribution in [0.4, 0.5) is 0 Å². The Morgan fingerprint density at radius 3 is 2.66 bits per heavy atom. The zero-order valence-electron chi connectivity index (χ0n) is 18.2. The highest BCUT2D eigenvalue weighted by Crippen LogP contribution is 2.27. The number of aromatic hydroxyl groups is 1. The average Bonchev–Trinajstić information content (AvgIpc) is 3.15. The Morgan fingerprint density at radius 2 is 1.84 bits per heavy atom. The van der Waals surface area contributed by atoms with E-state index in [0.717, 1.165) is 28.0 Å². The molecule has 1 aromatic heterocycles. The highest BCUT2D eigenvalue weighted by Gasteiger charge is 2.11. The maximum Gasteiger partial charge on any atom is 0.305 e. The first kappa shape index (κ1) is 24.4. The Kier molecular flexibility index (Phi) is 8.86. The van der Waals surface area contributed by atoms with E-state index in [1.54, 1.807) is 12.1 Å². The molecule has 0 aliphatic carbocycles. The summed E-state index contributed by atoms with van der Waals surface area (Å²) in [5.41, 5.74) is 3.90. The van der Waals surface area contributed by atoms with E-state index in [4.69, 9.17) is 4.74 Å². The Morgan fingerprint density at radius 1 is 1.03 bits per heavy atom. The van der Waals surface area contributed by atoms with E-state index in [2.05, 4.69) is 29.4 Å². The zero-order valence-corrected chi connectivity index (χ0v) is 19.9. The van der Waals surface area contributed by atoms with Gasteiger partial charge in [0.2, 0.25) is 0 Å². The molecule has 0 radical (unpaired) electrons. The summed E-state index contributed by atoms with van der Waals surface area (Å²) in [6, 6.07) is 11.5. The molecule has 0 aliphatic heterocycles. The largest absolute Gasteiger partial charge is 0.506 e. The number of phenolic OH excluding ortho intramolecular Hbond substituents is 1. The highest BCUT2D eigenvalue weighted by atomic mass is 32.2. The van der Waals surface area contributed by atoms with Crippen LogP contribution >= 0.6 is 11.3 Å². The van der Waals surface area contributed by atoms with Crippen LogP contribution < -0.4 is 10.2 Å². The number of ether oxygens (including phenoxy) is 1. The standard InChI is InChI=1S/C23H30N2O5S2/c1-17-5-2-3-6-18(17)10-14-30-13-4-15-32(28,29)16-12-24-11-9-19-7-8-20(26)21-22(19)31-23(27)25-21/h2-3,5-8,24,26H,4,9-16H2,1H3,(H,25,27). The predicted octanol–water partition coefficient (Wildman–Crippen LogP) is 2.80. The number of aryl methyl sites for hydroxylation is 1. The molecule has 2 aromatic carbocycles. The molecule has 0 unspecified atom stereocenters. The molecule has 0 amide bonds. The van der Waals surface area contributed by atoms with Gasteiger partial charge in [-0.1, -0.05) is 41.7 Å². The van der Waals surface area contributed by atoms with Gasteiger partial charge in [0.1, 0.15) is 11.3 Å². The number of hydrogen-bond acceptors (Lipinski definition) is 7. The van der Waals surface area contributed by atoms with Gasteiger partial charge in [-0.25, -0.2) is 8.42 Å². The lowest BCUT2D eigenvalue weighted by Crippen LogP contribution is -2.26. The Hall–Kier alpha value is -2.20. The van der Waals surface area contributed by atoms with Crippen LogP contribution in [-0.2, 0) is 27.4 Å². The minimum atomic E-state index is -3.13. The molecule has 1 heterocycles. The average molecular weight is 479 g/mol. The molecule has 9 heteroatoms. The van der Waals surface area contributed by atoms with Crippen molar-refractivity contribution in [2.45, 2.75) is 26.2 Å². The lowest BCUT2D eigenvalue weighted by molar-refractivity contribution is 0.138. The van der Waals surface area contributed by atoms with Crippen LogP contribution in [0.25, 0.3) is 10.2 Å². The van der Waals surface area contributed by atoms with Crippen molar-refractivity contribution < 1.29 is 18.3 Å². The Bertz CT molecular complexity index is 1180.